The smallest absolute Gasteiger partial charge is 0.264 e. The molecule has 0 spiro atoms. The summed E-state index contributed by atoms with van der Waals surface area (Å²) in [5, 5.41) is 3.12. The van der Waals surface area contributed by atoms with Gasteiger partial charge in [0.15, 0.2) is 11.5 Å². The van der Waals surface area contributed by atoms with Gasteiger partial charge in [-0.3, -0.25) is 9.10 Å². The van der Waals surface area contributed by atoms with Crippen molar-refractivity contribution in [2.75, 3.05) is 45.3 Å². The lowest BCUT2D eigenvalue weighted by Gasteiger charge is -2.24. The standard InChI is InChI=1S/C25H27ClN2O7S/c1-32-20-5-4-6-21(15-20)35-14-13-27-25(29)17-28(19-9-7-18(26)8-10-19)36(30,31)22-11-12-23(33-2)24(16-22)34-3/h4-12,15-16H,13-14,17H2,1-3H3,(H,27,29). The molecule has 192 valence electrons. The Kier molecular flexibility index (Phi) is 9.26. The summed E-state index contributed by atoms with van der Waals surface area (Å²) in [5.74, 6) is 1.35. The quantitative estimate of drug-likeness (QED) is 0.353. The molecule has 0 unspecified atom stereocenters. The van der Waals surface area contributed by atoms with Crippen molar-refractivity contribution < 1.29 is 32.2 Å². The van der Waals surface area contributed by atoms with Crippen molar-refractivity contribution in [3.63, 3.8) is 0 Å². The fraction of sp³-hybridized carbons (Fsp3) is 0.240. The number of anilines is 1. The van der Waals surface area contributed by atoms with Crippen LogP contribution in [0.15, 0.2) is 71.6 Å². The molecule has 0 radical (unpaired) electrons. The number of sulfonamides is 1. The average molecular weight is 535 g/mol. The van der Waals surface area contributed by atoms with Gasteiger partial charge in [-0.25, -0.2) is 8.42 Å². The number of hydrogen-bond donors (Lipinski definition) is 1. The molecule has 0 fully saturated rings. The van der Waals surface area contributed by atoms with Crippen LogP contribution in [0, 0.1) is 0 Å². The number of nitrogens with one attached hydrogen (secondary N) is 1. The largest absolute Gasteiger partial charge is 0.497 e. The molecule has 3 aromatic rings. The summed E-state index contributed by atoms with van der Waals surface area (Å²) in [6.45, 7) is -0.110. The molecule has 11 heteroatoms. The minimum Gasteiger partial charge on any atom is -0.497 e. The van der Waals surface area contributed by atoms with E-state index in [-0.39, 0.29) is 29.5 Å². The molecule has 0 aliphatic rings. The Balaban J connectivity index is 1.75. The summed E-state index contributed by atoms with van der Waals surface area (Å²) >= 11 is 5.98. The highest BCUT2D eigenvalue weighted by atomic mass is 35.5. The van der Waals surface area contributed by atoms with Gasteiger partial charge in [0.2, 0.25) is 5.91 Å². The first-order chi connectivity index (χ1) is 17.3. The topological polar surface area (TPSA) is 103 Å². The zero-order chi connectivity index (χ0) is 26.1. The average Bonchev–Trinajstić information content (AvgIpc) is 2.90. The first-order valence-electron chi connectivity index (χ1n) is 10.8. The van der Waals surface area contributed by atoms with Crippen LogP contribution in [0.1, 0.15) is 0 Å². The summed E-state index contributed by atoms with van der Waals surface area (Å²) in [6, 6.07) is 17.4. The highest BCUT2D eigenvalue weighted by Gasteiger charge is 2.28. The van der Waals surface area contributed by atoms with Gasteiger partial charge in [-0.05, 0) is 48.5 Å². The predicted molar refractivity (Wildman–Crippen MR) is 137 cm³/mol. The molecule has 0 aliphatic heterocycles. The van der Waals surface area contributed by atoms with E-state index in [1.54, 1.807) is 43.5 Å². The number of benzene rings is 3. The molecule has 0 aromatic heterocycles. The number of halogens is 1. The van der Waals surface area contributed by atoms with E-state index in [4.69, 9.17) is 30.5 Å². The van der Waals surface area contributed by atoms with Gasteiger partial charge in [-0.2, -0.15) is 0 Å². The number of hydrogen-bond acceptors (Lipinski definition) is 7. The zero-order valence-corrected chi connectivity index (χ0v) is 21.6. The maximum Gasteiger partial charge on any atom is 0.264 e. The third kappa shape index (κ3) is 6.73. The van der Waals surface area contributed by atoms with Crippen molar-refractivity contribution in [1.82, 2.24) is 5.32 Å². The first-order valence-corrected chi connectivity index (χ1v) is 12.6. The number of methoxy groups -OCH3 is 3. The molecule has 1 amide bonds. The van der Waals surface area contributed by atoms with Crippen LogP contribution in [-0.2, 0) is 14.8 Å². The minimum absolute atomic E-state index is 0.0655. The zero-order valence-electron chi connectivity index (χ0n) is 20.1. The van der Waals surface area contributed by atoms with Crippen molar-refractivity contribution in [3.8, 4) is 23.0 Å². The van der Waals surface area contributed by atoms with Gasteiger partial charge in [0.25, 0.3) is 10.0 Å². The van der Waals surface area contributed by atoms with E-state index < -0.39 is 22.5 Å². The predicted octanol–water partition coefficient (Wildman–Crippen LogP) is 3.76. The van der Waals surface area contributed by atoms with Crippen molar-refractivity contribution in [2.24, 2.45) is 0 Å². The molecule has 9 nitrogen and oxygen atoms in total. The molecule has 1 N–H and O–H groups in total. The van der Waals surface area contributed by atoms with Crippen LogP contribution in [0.25, 0.3) is 0 Å². The Morgan fingerprint density at radius 1 is 0.889 bits per heavy atom. The highest BCUT2D eigenvalue weighted by Crippen LogP contribution is 2.32. The SMILES string of the molecule is COc1cccc(OCCNC(=O)CN(c2ccc(Cl)cc2)S(=O)(=O)c2ccc(OC)c(OC)c2)c1. The van der Waals surface area contributed by atoms with E-state index in [1.165, 1.54) is 44.6 Å². The summed E-state index contributed by atoms with van der Waals surface area (Å²) in [5.41, 5.74) is 0.275. The van der Waals surface area contributed by atoms with E-state index in [0.717, 1.165) is 4.31 Å². The van der Waals surface area contributed by atoms with E-state index in [9.17, 15) is 13.2 Å². The number of nitrogens with zero attached hydrogens (tertiary/aromatic N) is 1. The summed E-state index contributed by atoms with van der Waals surface area (Å²) in [4.78, 5) is 12.7. The Morgan fingerprint density at radius 2 is 1.58 bits per heavy atom. The van der Waals surface area contributed by atoms with Crippen LogP contribution in [0.3, 0.4) is 0 Å². The minimum atomic E-state index is -4.15. The molecular formula is C25H27ClN2O7S. The van der Waals surface area contributed by atoms with Crippen molar-refractivity contribution >= 4 is 33.2 Å². The molecule has 0 atom stereocenters. The number of ether oxygens (including phenoxy) is 4. The fourth-order valence-electron chi connectivity index (χ4n) is 3.26. The van der Waals surface area contributed by atoms with Gasteiger partial charge in [-0.15, -0.1) is 0 Å². The second-order valence-corrected chi connectivity index (χ2v) is 9.68. The summed E-state index contributed by atoms with van der Waals surface area (Å²) < 4.78 is 49.4. The molecule has 0 bridgehead atoms. The van der Waals surface area contributed by atoms with E-state index in [2.05, 4.69) is 5.32 Å². The highest BCUT2D eigenvalue weighted by molar-refractivity contribution is 7.92. The number of amides is 1. The molecule has 0 aliphatic carbocycles. The van der Waals surface area contributed by atoms with Crippen LogP contribution in [0.5, 0.6) is 23.0 Å². The Morgan fingerprint density at radius 3 is 2.25 bits per heavy atom. The summed E-state index contributed by atoms with van der Waals surface area (Å²) in [7, 11) is 0.267. The normalized spacial score (nSPS) is 10.9. The Labute approximate surface area is 215 Å². The monoisotopic (exact) mass is 534 g/mol. The number of carbonyl (C=O) groups excluding carboxylic acids is 1. The van der Waals surface area contributed by atoms with Gasteiger partial charge in [0.05, 0.1) is 38.5 Å². The third-order valence-electron chi connectivity index (χ3n) is 5.08. The lowest BCUT2D eigenvalue weighted by molar-refractivity contribution is -0.119. The third-order valence-corrected chi connectivity index (χ3v) is 7.10. The van der Waals surface area contributed by atoms with Crippen LogP contribution in [-0.4, -0.2) is 55.4 Å². The molecular weight excluding hydrogens is 508 g/mol. The van der Waals surface area contributed by atoms with Gasteiger partial charge in [-0.1, -0.05) is 17.7 Å². The maximum atomic E-state index is 13.6. The van der Waals surface area contributed by atoms with Crippen molar-refractivity contribution in [2.45, 2.75) is 4.90 Å². The number of rotatable bonds is 12. The fourth-order valence-corrected chi connectivity index (χ4v) is 4.83. The second-order valence-electron chi connectivity index (χ2n) is 7.38. The molecule has 36 heavy (non-hydrogen) atoms. The second kappa shape index (κ2) is 12.4. The van der Waals surface area contributed by atoms with Gasteiger partial charge in [0.1, 0.15) is 24.7 Å². The number of carbonyl (C=O) groups is 1. The Bertz CT molecular complexity index is 1280. The first kappa shape index (κ1) is 27.0. The molecule has 0 heterocycles. The van der Waals surface area contributed by atoms with Crippen LogP contribution >= 0.6 is 11.6 Å². The van der Waals surface area contributed by atoms with E-state index in [1.807, 2.05) is 0 Å². The van der Waals surface area contributed by atoms with Crippen molar-refractivity contribution in [1.29, 1.82) is 0 Å². The van der Waals surface area contributed by atoms with Crippen molar-refractivity contribution in [3.05, 3.63) is 71.8 Å². The molecule has 0 saturated carbocycles. The van der Waals surface area contributed by atoms with Gasteiger partial charge < -0.3 is 24.3 Å². The van der Waals surface area contributed by atoms with E-state index in [0.29, 0.717) is 22.3 Å². The molecule has 0 saturated heterocycles. The molecule has 3 rings (SSSR count). The molecule has 3 aromatic carbocycles. The van der Waals surface area contributed by atoms with E-state index >= 15 is 0 Å². The lowest BCUT2D eigenvalue weighted by atomic mass is 10.3. The van der Waals surface area contributed by atoms with Crippen LogP contribution in [0.4, 0.5) is 5.69 Å². The summed E-state index contributed by atoms with van der Waals surface area (Å²) in [6.07, 6.45) is 0. The van der Waals surface area contributed by atoms with Gasteiger partial charge >= 0.3 is 0 Å². The lowest BCUT2D eigenvalue weighted by Crippen LogP contribution is -2.41. The Hall–Kier alpha value is -3.63. The van der Waals surface area contributed by atoms with Crippen LogP contribution in [0.2, 0.25) is 5.02 Å². The van der Waals surface area contributed by atoms with Crippen LogP contribution < -0.4 is 28.6 Å². The van der Waals surface area contributed by atoms with Gasteiger partial charge in [0, 0.05) is 17.2 Å². The maximum absolute atomic E-state index is 13.6.